The number of rotatable bonds is 3. The molecule has 2 aromatic rings. The summed E-state index contributed by atoms with van der Waals surface area (Å²) in [6, 6.07) is 8.61. The molecule has 6 heteroatoms. The Kier molecular flexibility index (Phi) is 4.05. The molecule has 3 heterocycles. The van der Waals surface area contributed by atoms with E-state index in [9.17, 15) is 4.79 Å². The summed E-state index contributed by atoms with van der Waals surface area (Å²) < 4.78 is 6.35. The van der Waals surface area contributed by atoms with Gasteiger partial charge in [-0.1, -0.05) is 12.1 Å². The molecule has 0 amide bonds. The van der Waals surface area contributed by atoms with Gasteiger partial charge >= 0.3 is 5.97 Å². The first-order valence-corrected chi connectivity index (χ1v) is 9.04. The zero-order valence-corrected chi connectivity index (χ0v) is 14.1. The minimum Gasteiger partial charge on any atom is -0.464 e. The van der Waals surface area contributed by atoms with E-state index in [1.54, 1.807) is 11.3 Å². The standard InChI is InChI=1S/C17H21N3O2S/c1-12(16-18-13-4-2-3-5-15(13)23-16)19-7-9-20(10-8-19)14-6-11-22-17(14)21/h2-5,12,14H,6-11H2,1H3/t12-,14+/m1/s1. The van der Waals surface area contributed by atoms with Crippen molar-refractivity contribution in [2.75, 3.05) is 32.8 Å². The smallest absolute Gasteiger partial charge is 0.323 e. The van der Waals surface area contributed by atoms with Crippen LogP contribution in [0, 0.1) is 0 Å². The first kappa shape index (κ1) is 15.1. The van der Waals surface area contributed by atoms with Crippen molar-refractivity contribution < 1.29 is 9.53 Å². The summed E-state index contributed by atoms with van der Waals surface area (Å²) in [5.41, 5.74) is 1.09. The minimum atomic E-state index is -0.0438. The predicted molar refractivity (Wildman–Crippen MR) is 90.5 cm³/mol. The van der Waals surface area contributed by atoms with Gasteiger partial charge in [0.1, 0.15) is 11.0 Å². The number of ether oxygens (including phenoxy) is 1. The number of benzene rings is 1. The second-order valence-electron chi connectivity index (χ2n) is 6.24. The van der Waals surface area contributed by atoms with Gasteiger partial charge in [-0.15, -0.1) is 11.3 Å². The second kappa shape index (κ2) is 6.19. The fourth-order valence-electron chi connectivity index (χ4n) is 3.48. The molecule has 4 rings (SSSR count). The number of cyclic esters (lactones) is 1. The van der Waals surface area contributed by atoms with Gasteiger partial charge in [-0.2, -0.15) is 0 Å². The van der Waals surface area contributed by atoms with Crippen LogP contribution < -0.4 is 0 Å². The summed E-state index contributed by atoms with van der Waals surface area (Å²) in [5.74, 6) is -0.0438. The quantitative estimate of drug-likeness (QED) is 0.808. The number of hydrogen-bond donors (Lipinski definition) is 0. The summed E-state index contributed by atoms with van der Waals surface area (Å²) in [5, 5.41) is 1.18. The molecule has 0 aliphatic carbocycles. The lowest BCUT2D eigenvalue weighted by Gasteiger charge is -2.38. The molecule has 0 spiro atoms. The Morgan fingerprint density at radius 3 is 2.74 bits per heavy atom. The molecule has 122 valence electrons. The van der Waals surface area contributed by atoms with Gasteiger partial charge in [0.15, 0.2) is 0 Å². The largest absolute Gasteiger partial charge is 0.464 e. The van der Waals surface area contributed by atoms with Gasteiger partial charge in [0.05, 0.1) is 22.9 Å². The van der Waals surface area contributed by atoms with Crippen LogP contribution in [0.4, 0.5) is 0 Å². The number of thiazole rings is 1. The van der Waals surface area contributed by atoms with Gasteiger partial charge in [0, 0.05) is 32.6 Å². The molecule has 2 atom stereocenters. The first-order valence-electron chi connectivity index (χ1n) is 8.22. The van der Waals surface area contributed by atoms with E-state index in [-0.39, 0.29) is 12.0 Å². The lowest BCUT2D eigenvalue weighted by molar-refractivity contribution is -0.142. The first-order chi connectivity index (χ1) is 11.2. The van der Waals surface area contributed by atoms with Gasteiger partial charge in [0.25, 0.3) is 0 Å². The van der Waals surface area contributed by atoms with Crippen molar-refractivity contribution in [1.82, 2.24) is 14.8 Å². The third kappa shape index (κ3) is 2.86. The van der Waals surface area contributed by atoms with Crippen molar-refractivity contribution in [2.45, 2.75) is 25.4 Å². The van der Waals surface area contributed by atoms with E-state index in [1.165, 1.54) is 9.71 Å². The Hall–Kier alpha value is -1.50. The minimum absolute atomic E-state index is 0.0186. The highest BCUT2D eigenvalue weighted by Crippen LogP contribution is 2.30. The maximum Gasteiger partial charge on any atom is 0.323 e. The van der Waals surface area contributed by atoms with Gasteiger partial charge in [0.2, 0.25) is 0 Å². The third-order valence-electron chi connectivity index (χ3n) is 4.91. The highest BCUT2D eigenvalue weighted by Gasteiger charge is 2.35. The summed E-state index contributed by atoms with van der Waals surface area (Å²) in [4.78, 5) is 21.3. The average molecular weight is 331 g/mol. The summed E-state index contributed by atoms with van der Waals surface area (Å²) in [6.45, 7) is 6.61. The number of carbonyl (C=O) groups is 1. The molecule has 2 aliphatic heterocycles. The molecule has 23 heavy (non-hydrogen) atoms. The zero-order valence-electron chi connectivity index (χ0n) is 13.3. The molecule has 0 N–H and O–H groups in total. The second-order valence-corrected chi connectivity index (χ2v) is 7.30. The van der Waals surface area contributed by atoms with Crippen LogP contribution in [0.2, 0.25) is 0 Å². The van der Waals surface area contributed by atoms with Crippen LogP contribution in [0.5, 0.6) is 0 Å². The van der Waals surface area contributed by atoms with Crippen LogP contribution in [0.25, 0.3) is 10.2 Å². The lowest BCUT2D eigenvalue weighted by Crippen LogP contribution is -2.52. The lowest BCUT2D eigenvalue weighted by atomic mass is 10.1. The molecule has 2 saturated heterocycles. The molecule has 0 saturated carbocycles. The topological polar surface area (TPSA) is 45.7 Å². The molecule has 1 aromatic heterocycles. The molecule has 2 fully saturated rings. The average Bonchev–Trinajstić information content (AvgIpc) is 3.20. The Labute approximate surface area is 139 Å². The van der Waals surface area contributed by atoms with Crippen molar-refractivity contribution >= 4 is 27.5 Å². The molecule has 5 nitrogen and oxygen atoms in total. The van der Waals surface area contributed by atoms with E-state index < -0.39 is 0 Å². The number of hydrogen-bond acceptors (Lipinski definition) is 6. The van der Waals surface area contributed by atoms with E-state index in [0.29, 0.717) is 12.6 Å². The summed E-state index contributed by atoms with van der Waals surface area (Å²) in [6.07, 6.45) is 0.840. The van der Waals surface area contributed by atoms with E-state index in [4.69, 9.17) is 9.72 Å². The SMILES string of the molecule is C[C@H](c1nc2ccccc2s1)N1CCN([C@H]2CCOC2=O)CC1. The van der Waals surface area contributed by atoms with Crippen molar-refractivity contribution in [3.05, 3.63) is 29.3 Å². The number of carbonyl (C=O) groups excluding carboxylic acids is 1. The van der Waals surface area contributed by atoms with E-state index >= 15 is 0 Å². The normalized spacial score (nSPS) is 24.9. The van der Waals surface area contributed by atoms with Gasteiger partial charge in [-0.25, -0.2) is 4.98 Å². The Bertz CT molecular complexity index is 676. The van der Waals surface area contributed by atoms with Gasteiger partial charge in [-0.3, -0.25) is 14.6 Å². The number of piperazine rings is 1. The van der Waals surface area contributed by atoms with Crippen molar-refractivity contribution in [3.63, 3.8) is 0 Å². The van der Waals surface area contributed by atoms with E-state index in [2.05, 4.69) is 34.9 Å². The number of aromatic nitrogens is 1. The number of nitrogens with zero attached hydrogens (tertiary/aromatic N) is 3. The molecule has 1 aromatic carbocycles. The molecular formula is C17H21N3O2S. The molecule has 0 unspecified atom stereocenters. The summed E-state index contributed by atoms with van der Waals surface area (Å²) >= 11 is 1.79. The Morgan fingerprint density at radius 1 is 1.26 bits per heavy atom. The van der Waals surface area contributed by atoms with Crippen molar-refractivity contribution in [2.24, 2.45) is 0 Å². The fraction of sp³-hybridized carbons (Fsp3) is 0.529. The van der Waals surface area contributed by atoms with E-state index in [1.807, 2.05) is 6.07 Å². The molecule has 0 radical (unpaired) electrons. The van der Waals surface area contributed by atoms with Gasteiger partial charge in [-0.05, 0) is 19.1 Å². The molecule has 2 aliphatic rings. The fourth-order valence-corrected chi connectivity index (χ4v) is 4.53. The Balaban J connectivity index is 1.42. The van der Waals surface area contributed by atoms with Crippen LogP contribution in [0.15, 0.2) is 24.3 Å². The maximum atomic E-state index is 11.7. The Morgan fingerprint density at radius 2 is 2.04 bits per heavy atom. The van der Waals surface area contributed by atoms with Gasteiger partial charge < -0.3 is 4.74 Å². The molecule has 0 bridgehead atoms. The van der Waals surface area contributed by atoms with Crippen molar-refractivity contribution in [1.29, 1.82) is 0 Å². The highest BCUT2D eigenvalue weighted by atomic mass is 32.1. The van der Waals surface area contributed by atoms with Crippen molar-refractivity contribution in [3.8, 4) is 0 Å². The van der Waals surface area contributed by atoms with E-state index in [0.717, 1.165) is 38.1 Å². The number of para-hydroxylation sites is 1. The number of esters is 1. The zero-order chi connectivity index (χ0) is 15.8. The van der Waals surface area contributed by atoms with Crippen LogP contribution in [-0.2, 0) is 9.53 Å². The highest BCUT2D eigenvalue weighted by molar-refractivity contribution is 7.18. The monoisotopic (exact) mass is 331 g/mol. The predicted octanol–water partition coefficient (Wildman–Crippen LogP) is 2.29. The third-order valence-corrected chi connectivity index (χ3v) is 6.12. The summed E-state index contributed by atoms with van der Waals surface area (Å²) in [7, 11) is 0. The number of fused-ring (bicyclic) bond motifs is 1. The van der Waals surface area contributed by atoms with Crippen LogP contribution in [0.1, 0.15) is 24.4 Å². The van der Waals surface area contributed by atoms with Crippen LogP contribution in [0.3, 0.4) is 0 Å². The molecular weight excluding hydrogens is 310 g/mol. The van der Waals surface area contributed by atoms with Crippen LogP contribution >= 0.6 is 11.3 Å². The maximum absolute atomic E-state index is 11.7. The van der Waals surface area contributed by atoms with Crippen LogP contribution in [-0.4, -0.2) is 59.6 Å².